The lowest BCUT2D eigenvalue weighted by Crippen LogP contribution is -2.12. The van der Waals surface area contributed by atoms with Crippen molar-refractivity contribution in [3.63, 3.8) is 0 Å². The van der Waals surface area contributed by atoms with E-state index in [-0.39, 0.29) is 11.6 Å². The Balaban J connectivity index is 2.50. The van der Waals surface area contributed by atoms with Crippen molar-refractivity contribution >= 4 is 5.69 Å². The van der Waals surface area contributed by atoms with Crippen LogP contribution < -0.4 is 5.73 Å². The predicted octanol–water partition coefficient (Wildman–Crippen LogP) is 5.92. The lowest BCUT2D eigenvalue weighted by atomic mass is 9.97. The van der Waals surface area contributed by atoms with Crippen LogP contribution in [0.3, 0.4) is 0 Å². The number of anilines is 1. The first-order valence-corrected chi connectivity index (χ1v) is 6.92. The molecule has 0 saturated heterocycles. The molecule has 1 nitrogen and oxygen atoms in total. The van der Waals surface area contributed by atoms with E-state index in [1.54, 1.807) is 0 Å². The molecule has 0 aliphatic rings. The summed E-state index contributed by atoms with van der Waals surface area (Å²) < 4.78 is 115. The summed E-state index contributed by atoms with van der Waals surface area (Å²) in [6, 6.07) is 3.50. The third kappa shape index (κ3) is 4.61. The fourth-order valence-electron chi connectivity index (χ4n) is 2.32. The normalized spacial score (nSPS) is 13.1. The molecule has 26 heavy (non-hydrogen) atoms. The molecule has 0 atom stereocenters. The van der Waals surface area contributed by atoms with Gasteiger partial charge in [-0.25, -0.2) is 0 Å². The molecule has 0 saturated carbocycles. The molecule has 0 aliphatic carbocycles. The molecule has 0 aromatic heterocycles. The summed E-state index contributed by atoms with van der Waals surface area (Å²) in [6.07, 6.45) is -15.4. The summed E-state index contributed by atoms with van der Waals surface area (Å²) >= 11 is 0. The van der Waals surface area contributed by atoms with Crippen molar-refractivity contribution in [3.05, 3.63) is 64.2 Å². The van der Waals surface area contributed by atoms with E-state index in [0.29, 0.717) is 18.2 Å². The van der Waals surface area contributed by atoms with Gasteiger partial charge in [0, 0.05) is 5.69 Å². The van der Waals surface area contributed by atoms with Gasteiger partial charge in [0.1, 0.15) is 0 Å². The van der Waals surface area contributed by atoms with Gasteiger partial charge >= 0.3 is 18.5 Å². The van der Waals surface area contributed by atoms with E-state index in [9.17, 15) is 39.5 Å². The Morgan fingerprint density at radius 2 is 1.12 bits per heavy atom. The predicted molar refractivity (Wildman–Crippen MR) is 75.1 cm³/mol. The van der Waals surface area contributed by atoms with Crippen LogP contribution in [0.4, 0.5) is 45.2 Å². The van der Waals surface area contributed by atoms with Crippen molar-refractivity contribution in [1.82, 2.24) is 0 Å². The van der Waals surface area contributed by atoms with Crippen molar-refractivity contribution in [3.8, 4) is 0 Å². The fourth-order valence-corrected chi connectivity index (χ4v) is 2.32. The summed E-state index contributed by atoms with van der Waals surface area (Å²) in [6.45, 7) is 0. The van der Waals surface area contributed by atoms with Crippen molar-refractivity contribution in [2.24, 2.45) is 0 Å². The van der Waals surface area contributed by atoms with E-state index in [1.807, 2.05) is 0 Å². The molecule has 0 unspecified atom stereocenters. The van der Waals surface area contributed by atoms with Gasteiger partial charge in [-0.3, -0.25) is 0 Å². The van der Waals surface area contributed by atoms with E-state index in [2.05, 4.69) is 0 Å². The van der Waals surface area contributed by atoms with Gasteiger partial charge in [0.25, 0.3) is 0 Å². The van der Waals surface area contributed by atoms with Crippen LogP contribution in [-0.4, -0.2) is 0 Å². The average Bonchev–Trinajstić information content (AvgIpc) is 2.46. The lowest BCUT2D eigenvalue weighted by molar-refractivity contribution is -0.143. The van der Waals surface area contributed by atoms with E-state index < -0.39 is 52.9 Å². The maximum absolute atomic E-state index is 12.8. The highest BCUT2D eigenvalue weighted by Crippen LogP contribution is 2.38. The largest absolute Gasteiger partial charge is 0.418 e. The molecule has 142 valence electrons. The van der Waals surface area contributed by atoms with Crippen LogP contribution in [0.25, 0.3) is 0 Å². The number of benzene rings is 2. The molecule has 0 aliphatic heterocycles. The van der Waals surface area contributed by atoms with E-state index >= 15 is 0 Å². The van der Waals surface area contributed by atoms with Gasteiger partial charge < -0.3 is 5.73 Å². The SMILES string of the molecule is Nc1ccc(Cc2cc(C(F)(F)F)cc(C(F)(F)F)c2)cc1C(F)(F)F. The molecule has 0 fully saturated rings. The third-order valence-electron chi connectivity index (χ3n) is 3.48. The topological polar surface area (TPSA) is 26.0 Å². The zero-order chi connectivity index (χ0) is 19.9. The minimum absolute atomic E-state index is 0.0480. The summed E-state index contributed by atoms with van der Waals surface area (Å²) in [4.78, 5) is 0. The van der Waals surface area contributed by atoms with Crippen LogP contribution in [0.1, 0.15) is 27.8 Å². The second-order valence-electron chi connectivity index (χ2n) is 5.51. The van der Waals surface area contributed by atoms with Crippen LogP contribution in [0.5, 0.6) is 0 Å². The van der Waals surface area contributed by atoms with Crippen LogP contribution in [0.15, 0.2) is 36.4 Å². The second-order valence-corrected chi connectivity index (χ2v) is 5.51. The van der Waals surface area contributed by atoms with Crippen molar-refractivity contribution in [2.45, 2.75) is 24.9 Å². The van der Waals surface area contributed by atoms with Gasteiger partial charge in [-0.1, -0.05) is 6.07 Å². The summed E-state index contributed by atoms with van der Waals surface area (Å²) in [5.74, 6) is 0. The van der Waals surface area contributed by atoms with Crippen LogP contribution in [-0.2, 0) is 24.9 Å². The summed E-state index contributed by atoms with van der Waals surface area (Å²) in [5.41, 5.74) is -0.211. The highest BCUT2D eigenvalue weighted by atomic mass is 19.4. The summed E-state index contributed by atoms with van der Waals surface area (Å²) in [5, 5.41) is 0. The highest BCUT2D eigenvalue weighted by molar-refractivity contribution is 5.51. The Morgan fingerprint density at radius 3 is 1.54 bits per heavy atom. The molecule has 2 N–H and O–H groups in total. The molecule has 0 spiro atoms. The van der Waals surface area contributed by atoms with Crippen molar-refractivity contribution < 1.29 is 39.5 Å². The summed E-state index contributed by atoms with van der Waals surface area (Å²) in [7, 11) is 0. The molecule has 2 aromatic carbocycles. The number of rotatable bonds is 2. The van der Waals surface area contributed by atoms with Gasteiger partial charge in [-0.2, -0.15) is 39.5 Å². The standard InChI is InChI=1S/C16H10F9N/c17-14(18,19)10-4-9(5-11(7-10)15(20,21)22)3-8-1-2-13(26)12(6-8)16(23,24)25/h1-2,4-7H,3,26H2. The molecular weight excluding hydrogens is 377 g/mol. The second kappa shape index (κ2) is 6.40. The molecular formula is C16H10F9N. The minimum atomic E-state index is -5.03. The number of alkyl halides is 9. The smallest absolute Gasteiger partial charge is 0.398 e. The Bertz CT molecular complexity index is 769. The third-order valence-corrected chi connectivity index (χ3v) is 3.48. The number of hydrogen-bond acceptors (Lipinski definition) is 1. The highest BCUT2D eigenvalue weighted by Gasteiger charge is 2.37. The number of nitrogens with two attached hydrogens (primary N) is 1. The van der Waals surface area contributed by atoms with E-state index in [1.165, 1.54) is 0 Å². The average molecular weight is 387 g/mol. The zero-order valence-electron chi connectivity index (χ0n) is 12.7. The molecule has 0 heterocycles. The Hall–Kier alpha value is -2.39. The molecule has 2 rings (SSSR count). The molecule has 0 amide bonds. The number of hydrogen-bond donors (Lipinski definition) is 1. The maximum Gasteiger partial charge on any atom is 0.418 e. The van der Waals surface area contributed by atoms with Crippen molar-refractivity contribution in [2.75, 3.05) is 5.73 Å². The first kappa shape index (κ1) is 19.9. The zero-order valence-corrected chi connectivity index (χ0v) is 12.7. The van der Waals surface area contributed by atoms with Crippen LogP contribution in [0.2, 0.25) is 0 Å². The Labute approximate surface area is 141 Å². The lowest BCUT2D eigenvalue weighted by Gasteiger charge is -2.15. The van der Waals surface area contributed by atoms with Crippen LogP contribution in [0, 0.1) is 0 Å². The monoisotopic (exact) mass is 387 g/mol. The van der Waals surface area contributed by atoms with Gasteiger partial charge in [0.05, 0.1) is 16.7 Å². The van der Waals surface area contributed by atoms with Crippen LogP contribution >= 0.6 is 0 Å². The Morgan fingerprint density at radius 1 is 0.615 bits per heavy atom. The van der Waals surface area contributed by atoms with Gasteiger partial charge in [-0.15, -0.1) is 0 Å². The molecule has 0 bridgehead atoms. The first-order valence-electron chi connectivity index (χ1n) is 6.92. The quantitative estimate of drug-likeness (QED) is 0.503. The van der Waals surface area contributed by atoms with Crippen molar-refractivity contribution in [1.29, 1.82) is 0 Å². The van der Waals surface area contributed by atoms with E-state index in [0.717, 1.165) is 12.1 Å². The van der Waals surface area contributed by atoms with Gasteiger partial charge in [-0.05, 0) is 47.9 Å². The van der Waals surface area contributed by atoms with Gasteiger partial charge in [0.15, 0.2) is 0 Å². The maximum atomic E-state index is 12.8. The first-order chi connectivity index (χ1) is 11.7. The molecule has 10 heteroatoms. The molecule has 0 radical (unpaired) electrons. The Kier molecular flexibility index (Phi) is 4.91. The number of nitrogen functional groups attached to an aromatic ring is 1. The fraction of sp³-hybridized carbons (Fsp3) is 0.250. The van der Waals surface area contributed by atoms with Gasteiger partial charge in [0.2, 0.25) is 0 Å². The molecule has 2 aromatic rings. The minimum Gasteiger partial charge on any atom is -0.398 e. The number of halogens is 9. The van der Waals surface area contributed by atoms with E-state index in [4.69, 9.17) is 5.73 Å².